The van der Waals surface area contributed by atoms with E-state index in [1.54, 1.807) is 12.1 Å². The topological polar surface area (TPSA) is 85.1 Å². The molecule has 0 radical (unpaired) electrons. The molecule has 2 rings (SSSR count). The third-order valence-corrected chi connectivity index (χ3v) is 4.85. The smallest absolute Gasteiger partial charge is 0.263 e. The van der Waals surface area contributed by atoms with E-state index in [1.807, 2.05) is 0 Å². The van der Waals surface area contributed by atoms with E-state index < -0.39 is 10.0 Å². The number of rotatable bonds is 3. The zero-order valence-electron chi connectivity index (χ0n) is 9.47. The van der Waals surface area contributed by atoms with E-state index in [9.17, 15) is 8.42 Å². The summed E-state index contributed by atoms with van der Waals surface area (Å²) in [7, 11) is -3.75. The number of nitrogens with two attached hydrogens (primary N) is 1. The highest BCUT2D eigenvalue weighted by atomic mass is 79.9. The van der Waals surface area contributed by atoms with Gasteiger partial charge in [-0.2, -0.15) is 0 Å². The minimum absolute atomic E-state index is 0.0149. The van der Waals surface area contributed by atoms with Gasteiger partial charge >= 0.3 is 0 Å². The lowest BCUT2D eigenvalue weighted by Crippen LogP contribution is -2.14. The molecule has 0 fully saturated rings. The molecular formula is C11H9BrClN3O2S. The number of anilines is 2. The molecule has 0 bridgehead atoms. The van der Waals surface area contributed by atoms with E-state index in [1.165, 1.54) is 24.4 Å². The standard InChI is InChI=1S/C11H9BrClN3O2S/c12-8-5-7(6-15-11(8)13)16-19(17,18)10-4-2-1-3-9(10)14/h1-6,16H,14H2. The fraction of sp³-hybridized carbons (Fsp3) is 0. The Labute approximate surface area is 124 Å². The van der Waals surface area contributed by atoms with Crippen LogP contribution in [0.2, 0.25) is 5.15 Å². The van der Waals surface area contributed by atoms with Crippen molar-refractivity contribution in [1.82, 2.24) is 4.98 Å². The first-order valence-electron chi connectivity index (χ1n) is 5.08. The lowest BCUT2D eigenvalue weighted by molar-refractivity contribution is 0.601. The number of benzene rings is 1. The Hall–Kier alpha value is -1.31. The number of hydrogen-bond donors (Lipinski definition) is 2. The molecule has 8 heteroatoms. The van der Waals surface area contributed by atoms with E-state index in [4.69, 9.17) is 17.3 Å². The van der Waals surface area contributed by atoms with Crippen LogP contribution in [0.4, 0.5) is 11.4 Å². The second kappa shape index (κ2) is 5.36. The second-order valence-electron chi connectivity index (χ2n) is 3.64. The van der Waals surface area contributed by atoms with Gasteiger partial charge in [-0.15, -0.1) is 0 Å². The van der Waals surface area contributed by atoms with Gasteiger partial charge in [0.25, 0.3) is 10.0 Å². The predicted octanol–water partition coefficient (Wildman–Crippen LogP) is 2.88. The Morgan fingerprint density at radius 1 is 1.32 bits per heavy atom. The van der Waals surface area contributed by atoms with Crippen molar-refractivity contribution in [2.75, 3.05) is 10.5 Å². The van der Waals surface area contributed by atoms with Gasteiger partial charge in [-0.05, 0) is 34.1 Å². The van der Waals surface area contributed by atoms with E-state index in [-0.39, 0.29) is 15.7 Å². The number of sulfonamides is 1. The third kappa shape index (κ3) is 3.17. The highest BCUT2D eigenvalue weighted by Gasteiger charge is 2.17. The molecule has 2 aromatic rings. The molecule has 0 atom stereocenters. The Balaban J connectivity index is 2.37. The first-order chi connectivity index (χ1) is 8.90. The number of nitrogens with zero attached hydrogens (tertiary/aromatic N) is 1. The molecule has 0 aliphatic rings. The van der Waals surface area contributed by atoms with Gasteiger partial charge in [-0.25, -0.2) is 13.4 Å². The number of nitrogen functional groups attached to an aromatic ring is 1. The molecular weight excluding hydrogens is 354 g/mol. The molecule has 0 saturated carbocycles. The van der Waals surface area contributed by atoms with Crippen molar-refractivity contribution in [1.29, 1.82) is 0 Å². The molecule has 100 valence electrons. The van der Waals surface area contributed by atoms with Crippen LogP contribution in [0.25, 0.3) is 0 Å². The van der Waals surface area contributed by atoms with Crippen LogP contribution in [0.3, 0.4) is 0 Å². The van der Waals surface area contributed by atoms with Crippen molar-refractivity contribution in [2.24, 2.45) is 0 Å². The number of nitrogens with one attached hydrogen (secondary N) is 1. The van der Waals surface area contributed by atoms with Crippen LogP contribution >= 0.6 is 27.5 Å². The summed E-state index contributed by atoms with van der Waals surface area (Å²) in [6.45, 7) is 0. The molecule has 1 heterocycles. The van der Waals surface area contributed by atoms with Crippen LogP contribution in [0.1, 0.15) is 0 Å². The van der Waals surface area contributed by atoms with Crippen LogP contribution in [0, 0.1) is 0 Å². The summed E-state index contributed by atoms with van der Waals surface area (Å²) in [6.07, 6.45) is 1.32. The van der Waals surface area contributed by atoms with E-state index in [2.05, 4.69) is 25.6 Å². The predicted molar refractivity (Wildman–Crippen MR) is 78.6 cm³/mol. The highest BCUT2D eigenvalue weighted by Crippen LogP contribution is 2.25. The van der Waals surface area contributed by atoms with Crippen molar-refractivity contribution in [2.45, 2.75) is 4.90 Å². The van der Waals surface area contributed by atoms with E-state index >= 15 is 0 Å². The van der Waals surface area contributed by atoms with Gasteiger partial charge in [0.05, 0.1) is 22.0 Å². The second-order valence-corrected chi connectivity index (χ2v) is 6.50. The van der Waals surface area contributed by atoms with Gasteiger partial charge < -0.3 is 5.73 Å². The largest absolute Gasteiger partial charge is 0.398 e. The zero-order valence-corrected chi connectivity index (χ0v) is 12.6. The van der Waals surface area contributed by atoms with Crippen molar-refractivity contribution in [3.63, 3.8) is 0 Å². The summed E-state index contributed by atoms with van der Waals surface area (Å²) in [5, 5.41) is 0.252. The van der Waals surface area contributed by atoms with E-state index in [0.29, 0.717) is 10.2 Å². The van der Waals surface area contributed by atoms with Crippen LogP contribution in [0.15, 0.2) is 45.9 Å². The molecule has 0 aliphatic heterocycles. The molecule has 0 aliphatic carbocycles. The number of halogens is 2. The molecule has 5 nitrogen and oxygen atoms in total. The monoisotopic (exact) mass is 361 g/mol. The Kier molecular flexibility index (Phi) is 3.98. The summed E-state index contributed by atoms with van der Waals surface area (Å²) in [5.74, 6) is 0. The summed E-state index contributed by atoms with van der Waals surface area (Å²) in [4.78, 5) is 3.85. The number of pyridine rings is 1. The molecule has 0 saturated heterocycles. The third-order valence-electron chi connectivity index (χ3n) is 2.26. The lowest BCUT2D eigenvalue weighted by atomic mass is 10.3. The van der Waals surface area contributed by atoms with Crippen LogP contribution in [0.5, 0.6) is 0 Å². The maximum atomic E-state index is 12.2. The average Bonchev–Trinajstić information content (AvgIpc) is 2.34. The molecule has 19 heavy (non-hydrogen) atoms. The van der Waals surface area contributed by atoms with Gasteiger partial charge in [0, 0.05) is 0 Å². The first-order valence-corrected chi connectivity index (χ1v) is 7.74. The SMILES string of the molecule is Nc1ccccc1S(=O)(=O)Nc1cnc(Cl)c(Br)c1. The lowest BCUT2D eigenvalue weighted by Gasteiger charge is -2.10. The van der Waals surface area contributed by atoms with Gasteiger partial charge in [0.2, 0.25) is 0 Å². The molecule has 0 spiro atoms. The van der Waals surface area contributed by atoms with Crippen LogP contribution in [-0.2, 0) is 10.0 Å². The highest BCUT2D eigenvalue weighted by molar-refractivity contribution is 9.10. The Morgan fingerprint density at radius 3 is 2.63 bits per heavy atom. The molecule has 3 N–H and O–H groups in total. The maximum absolute atomic E-state index is 12.2. The molecule has 0 unspecified atom stereocenters. The summed E-state index contributed by atoms with van der Waals surface area (Å²) in [6, 6.07) is 7.72. The van der Waals surface area contributed by atoms with Gasteiger partial charge in [0.1, 0.15) is 10.0 Å². The summed E-state index contributed by atoms with van der Waals surface area (Å²) in [5.41, 5.74) is 6.12. The van der Waals surface area contributed by atoms with Crippen molar-refractivity contribution in [3.8, 4) is 0 Å². The number of aromatic nitrogens is 1. The van der Waals surface area contributed by atoms with Crippen LogP contribution < -0.4 is 10.5 Å². The first kappa shape index (κ1) is 14.1. The van der Waals surface area contributed by atoms with Crippen molar-refractivity contribution in [3.05, 3.63) is 46.2 Å². The minimum Gasteiger partial charge on any atom is -0.398 e. The Bertz CT molecular complexity index is 722. The van der Waals surface area contributed by atoms with Crippen molar-refractivity contribution >= 4 is 48.9 Å². The Morgan fingerprint density at radius 2 is 2.00 bits per heavy atom. The molecule has 0 amide bonds. The molecule has 1 aromatic heterocycles. The van der Waals surface area contributed by atoms with Gasteiger partial charge in [-0.1, -0.05) is 23.7 Å². The summed E-state index contributed by atoms with van der Waals surface area (Å²) < 4.78 is 27.2. The maximum Gasteiger partial charge on any atom is 0.263 e. The van der Waals surface area contributed by atoms with Crippen molar-refractivity contribution < 1.29 is 8.42 Å². The van der Waals surface area contributed by atoms with E-state index in [0.717, 1.165) is 0 Å². The zero-order chi connectivity index (χ0) is 14.0. The minimum atomic E-state index is -3.75. The fourth-order valence-corrected chi connectivity index (χ4v) is 3.03. The van der Waals surface area contributed by atoms with Crippen LogP contribution in [-0.4, -0.2) is 13.4 Å². The van der Waals surface area contributed by atoms with Gasteiger partial charge in [-0.3, -0.25) is 4.72 Å². The fourth-order valence-electron chi connectivity index (χ4n) is 1.41. The quantitative estimate of drug-likeness (QED) is 0.649. The number of hydrogen-bond acceptors (Lipinski definition) is 4. The average molecular weight is 363 g/mol. The van der Waals surface area contributed by atoms with Gasteiger partial charge in [0.15, 0.2) is 0 Å². The summed E-state index contributed by atoms with van der Waals surface area (Å²) >= 11 is 8.91. The normalized spacial score (nSPS) is 11.3. The number of para-hydroxylation sites is 1. The molecule has 1 aromatic carbocycles.